The van der Waals surface area contributed by atoms with Gasteiger partial charge in [-0.3, -0.25) is 14.2 Å². The molecule has 162 valence electrons. The van der Waals surface area contributed by atoms with Crippen LogP contribution in [0, 0.1) is 5.92 Å². The minimum Gasteiger partial charge on any atom is -0.459 e. The number of fused-ring (bicyclic) bond motifs is 3. The van der Waals surface area contributed by atoms with Crippen LogP contribution in [0.15, 0.2) is 35.4 Å². The topological polar surface area (TPSA) is 90.3 Å². The summed E-state index contributed by atoms with van der Waals surface area (Å²) >= 11 is 1.59. The number of nitrogens with one attached hydrogen (secondary N) is 1. The molecule has 2 heterocycles. The predicted octanol–water partition coefficient (Wildman–Crippen LogP) is 3.79. The van der Waals surface area contributed by atoms with Gasteiger partial charge in [-0.05, 0) is 68.9 Å². The van der Waals surface area contributed by atoms with Gasteiger partial charge in [0.05, 0.1) is 23.4 Å². The van der Waals surface area contributed by atoms with Crippen molar-refractivity contribution in [2.75, 3.05) is 5.32 Å². The van der Waals surface area contributed by atoms with Crippen LogP contribution >= 0.6 is 11.3 Å². The second-order valence-electron chi connectivity index (χ2n) is 8.29. The maximum atomic E-state index is 13.0. The molecule has 1 aliphatic carbocycles. The van der Waals surface area contributed by atoms with Crippen LogP contribution in [-0.4, -0.2) is 27.5 Å². The highest BCUT2D eigenvalue weighted by molar-refractivity contribution is 7.18. The summed E-state index contributed by atoms with van der Waals surface area (Å²) in [6.45, 7) is 5.67. The van der Waals surface area contributed by atoms with Gasteiger partial charge in [-0.25, -0.2) is 9.78 Å². The van der Waals surface area contributed by atoms with Crippen molar-refractivity contribution in [3.05, 3.63) is 57.0 Å². The summed E-state index contributed by atoms with van der Waals surface area (Å²) in [5.74, 6) is -0.127. The Kier molecular flexibility index (Phi) is 5.91. The van der Waals surface area contributed by atoms with Crippen molar-refractivity contribution >= 4 is 39.1 Å². The third kappa shape index (κ3) is 4.54. The van der Waals surface area contributed by atoms with E-state index in [-0.39, 0.29) is 24.1 Å². The Morgan fingerprint density at radius 2 is 2.03 bits per heavy atom. The minimum absolute atomic E-state index is 0.125. The molecule has 31 heavy (non-hydrogen) atoms. The molecule has 2 aromatic heterocycles. The van der Waals surface area contributed by atoms with E-state index in [0.29, 0.717) is 22.6 Å². The Bertz CT molecular complexity index is 1190. The van der Waals surface area contributed by atoms with Crippen molar-refractivity contribution in [1.82, 2.24) is 9.55 Å². The SMILES string of the molecule is CC1CCc2c(sc3ncn(CC(=O)Nc4ccc(C(=O)OC(C)C)cc4)c(=O)c23)C1. The Hall–Kier alpha value is -3.00. The van der Waals surface area contributed by atoms with Gasteiger partial charge < -0.3 is 10.1 Å². The average Bonchev–Trinajstić information content (AvgIpc) is 3.08. The number of benzene rings is 1. The number of ether oxygens (including phenoxy) is 1. The second-order valence-corrected chi connectivity index (χ2v) is 9.37. The van der Waals surface area contributed by atoms with Gasteiger partial charge in [-0.15, -0.1) is 11.3 Å². The highest BCUT2D eigenvalue weighted by Gasteiger charge is 2.23. The molecule has 1 aliphatic rings. The second kappa shape index (κ2) is 8.63. The van der Waals surface area contributed by atoms with Crippen molar-refractivity contribution < 1.29 is 14.3 Å². The van der Waals surface area contributed by atoms with E-state index in [9.17, 15) is 14.4 Å². The molecule has 0 aliphatic heterocycles. The molecular weight excluding hydrogens is 414 g/mol. The van der Waals surface area contributed by atoms with Gasteiger partial charge in [0.1, 0.15) is 11.4 Å². The normalized spacial score (nSPS) is 15.7. The number of amides is 1. The number of anilines is 1. The van der Waals surface area contributed by atoms with Crippen LogP contribution in [0.2, 0.25) is 0 Å². The monoisotopic (exact) mass is 439 g/mol. The molecule has 1 unspecified atom stereocenters. The molecule has 0 saturated carbocycles. The molecule has 0 radical (unpaired) electrons. The summed E-state index contributed by atoms with van der Waals surface area (Å²) in [6.07, 6.45) is 4.18. The Morgan fingerprint density at radius 3 is 2.74 bits per heavy atom. The van der Waals surface area contributed by atoms with E-state index >= 15 is 0 Å². The minimum atomic E-state index is -0.410. The molecule has 1 aromatic carbocycles. The lowest BCUT2D eigenvalue weighted by atomic mass is 9.89. The molecule has 1 N–H and O–H groups in total. The van der Waals surface area contributed by atoms with Crippen LogP contribution in [0.5, 0.6) is 0 Å². The summed E-state index contributed by atoms with van der Waals surface area (Å²) in [7, 11) is 0. The standard InChI is InChI=1S/C23H25N3O4S/c1-13(2)30-23(29)15-5-7-16(8-6-15)25-19(27)11-26-12-24-21-20(22(26)28)17-9-4-14(3)10-18(17)31-21/h5-8,12-14H,4,9-11H2,1-3H3,(H,25,27). The van der Waals surface area contributed by atoms with Crippen molar-refractivity contribution in [3.8, 4) is 0 Å². The zero-order valence-corrected chi connectivity index (χ0v) is 18.6. The van der Waals surface area contributed by atoms with Gasteiger partial charge in [0.15, 0.2) is 0 Å². The van der Waals surface area contributed by atoms with E-state index < -0.39 is 5.97 Å². The van der Waals surface area contributed by atoms with Gasteiger partial charge in [0.2, 0.25) is 5.91 Å². The van der Waals surface area contributed by atoms with E-state index in [1.54, 1.807) is 49.4 Å². The summed E-state index contributed by atoms with van der Waals surface area (Å²) in [5, 5.41) is 3.42. The number of thiophene rings is 1. The lowest BCUT2D eigenvalue weighted by Crippen LogP contribution is -2.28. The van der Waals surface area contributed by atoms with Gasteiger partial charge >= 0.3 is 5.97 Å². The molecular formula is C23H25N3O4S. The number of aryl methyl sites for hydroxylation is 1. The molecule has 0 spiro atoms. The zero-order chi connectivity index (χ0) is 22.1. The van der Waals surface area contributed by atoms with Crippen molar-refractivity contribution in [2.45, 2.75) is 52.7 Å². The Morgan fingerprint density at radius 1 is 1.29 bits per heavy atom. The molecule has 3 aromatic rings. The van der Waals surface area contributed by atoms with Crippen LogP contribution in [0.3, 0.4) is 0 Å². The highest BCUT2D eigenvalue weighted by atomic mass is 32.1. The van der Waals surface area contributed by atoms with Crippen molar-refractivity contribution in [2.24, 2.45) is 5.92 Å². The number of hydrogen-bond acceptors (Lipinski definition) is 6. The third-order valence-electron chi connectivity index (χ3n) is 5.34. The largest absolute Gasteiger partial charge is 0.459 e. The molecule has 7 nitrogen and oxygen atoms in total. The summed E-state index contributed by atoms with van der Waals surface area (Å²) < 4.78 is 6.51. The molecule has 0 bridgehead atoms. The fraction of sp³-hybridized carbons (Fsp3) is 0.391. The van der Waals surface area contributed by atoms with E-state index in [2.05, 4.69) is 17.2 Å². The predicted molar refractivity (Wildman–Crippen MR) is 121 cm³/mol. The van der Waals surface area contributed by atoms with E-state index in [1.807, 2.05) is 0 Å². The smallest absolute Gasteiger partial charge is 0.338 e. The molecule has 0 saturated heterocycles. The average molecular weight is 440 g/mol. The highest BCUT2D eigenvalue weighted by Crippen LogP contribution is 2.35. The zero-order valence-electron chi connectivity index (χ0n) is 17.8. The lowest BCUT2D eigenvalue weighted by molar-refractivity contribution is -0.116. The summed E-state index contributed by atoms with van der Waals surface area (Å²) in [5.41, 5.74) is 1.89. The van der Waals surface area contributed by atoms with Crippen LogP contribution in [0.25, 0.3) is 10.2 Å². The number of carbonyl (C=O) groups is 2. The lowest BCUT2D eigenvalue weighted by Gasteiger charge is -2.17. The number of carbonyl (C=O) groups excluding carboxylic acids is 2. The maximum Gasteiger partial charge on any atom is 0.338 e. The van der Waals surface area contributed by atoms with Gasteiger partial charge in [0, 0.05) is 10.6 Å². The number of rotatable bonds is 5. The van der Waals surface area contributed by atoms with E-state index in [1.165, 1.54) is 15.8 Å². The first-order valence-corrected chi connectivity index (χ1v) is 11.2. The van der Waals surface area contributed by atoms with Crippen LogP contribution < -0.4 is 10.9 Å². The first kappa shape index (κ1) is 21.2. The van der Waals surface area contributed by atoms with Gasteiger partial charge in [-0.2, -0.15) is 0 Å². The number of nitrogens with zero attached hydrogens (tertiary/aromatic N) is 2. The molecule has 4 rings (SSSR count). The summed E-state index contributed by atoms with van der Waals surface area (Å²) in [4.78, 5) is 43.9. The fourth-order valence-corrected chi connectivity index (χ4v) is 5.15. The van der Waals surface area contributed by atoms with Crippen LogP contribution in [0.1, 0.15) is 48.0 Å². The third-order valence-corrected chi connectivity index (χ3v) is 6.51. The quantitative estimate of drug-likeness (QED) is 0.611. The van der Waals surface area contributed by atoms with Crippen molar-refractivity contribution in [1.29, 1.82) is 0 Å². The fourth-order valence-electron chi connectivity index (χ4n) is 3.81. The Labute approximate surface area is 184 Å². The Balaban J connectivity index is 1.48. The summed E-state index contributed by atoms with van der Waals surface area (Å²) in [6, 6.07) is 6.46. The van der Waals surface area contributed by atoms with Crippen LogP contribution in [-0.2, 0) is 28.9 Å². The van der Waals surface area contributed by atoms with E-state index in [4.69, 9.17) is 4.74 Å². The van der Waals surface area contributed by atoms with Crippen molar-refractivity contribution in [3.63, 3.8) is 0 Å². The number of aromatic nitrogens is 2. The number of hydrogen-bond donors (Lipinski definition) is 1. The number of esters is 1. The molecule has 1 atom stereocenters. The first-order chi connectivity index (χ1) is 14.8. The van der Waals surface area contributed by atoms with Crippen LogP contribution in [0.4, 0.5) is 5.69 Å². The van der Waals surface area contributed by atoms with Gasteiger partial charge in [-0.1, -0.05) is 6.92 Å². The molecule has 1 amide bonds. The molecule has 8 heteroatoms. The molecule has 0 fully saturated rings. The van der Waals surface area contributed by atoms with E-state index in [0.717, 1.165) is 29.7 Å². The maximum absolute atomic E-state index is 13.0. The van der Waals surface area contributed by atoms with Gasteiger partial charge in [0.25, 0.3) is 5.56 Å². The first-order valence-electron chi connectivity index (χ1n) is 10.4.